The summed E-state index contributed by atoms with van der Waals surface area (Å²) in [6.45, 7) is 4.84. The summed E-state index contributed by atoms with van der Waals surface area (Å²) in [4.78, 5) is 34.5. The number of carboxylic acid groups (broad SMARTS) is 1. The zero-order valence-corrected chi connectivity index (χ0v) is 16.1. The molecule has 0 aromatic heterocycles. The normalized spacial score (nSPS) is 11.2. The Hall–Kier alpha value is -2.80. The molecule has 2 rings (SSSR count). The van der Waals surface area contributed by atoms with Crippen LogP contribution < -0.4 is 14.8 Å². The molecule has 0 radical (unpaired) electrons. The van der Waals surface area contributed by atoms with Crippen LogP contribution in [0.4, 0.5) is 5.69 Å². The van der Waals surface area contributed by atoms with E-state index in [1.165, 1.54) is 6.92 Å². The molecule has 7 nitrogen and oxygen atoms in total. The molecule has 146 valence electrons. The smallest absolute Gasteiger partial charge is 0.325 e. The van der Waals surface area contributed by atoms with E-state index in [1.54, 1.807) is 44.2 Å². The van der Waals surface area contributed by atoms with Gasteiger partial charge in [-0.15, -0.1) is 12.4 Å². The number of carbonyl (C=O) groups is 3. The third kappa shape index (κ3) is 5.59. The molecule has 2 aromatic rings. The summed E-state index contributed by atoms with van der Waals surface area (Å²) < 4.78 is 10.6. The van der Waals surface area contributed by atoms with E-state index in [9.17, 15) is 14.4 Å². The third-order valence-electron chi connectivity index (χ3n) is 3.71. The average molecular weight is 396 g/mol. The highest BCUT2D eigenvalue weighted by atomic mass is 35.5. The first kappa shape index (κ1) is 22.2. The van der Waals surface area contributed by atoms with Crippen molar-refractivity contribution < 1.29 is 29.0 Å². The number of anilines is 1. The maximum atomic E-state index is 11.7. The molecule has 2 N–H and O–H groups in total. The van der Waals surface area contributed by atoms with E-state index in [-0.39, 0.29) is 36.7 Å². The molecule has 0 amide bonds. The van der Waals surface area contributed by atoms with E-state index in [2.05, 4.69) is 5.32 Å². The summed E-state index contributed by atoms with van der Waals surface area (Å²) in [6.07, 6.45) is 0.339. The lowest BCUT2D eigenvalue weighted by Gasteiger charge is -2.16. The number of aliphatic carboxylic acids is 1. The number of hydrogen-bond donors (Lipinski definition) is 2. The maximum absolute atomic E-state index is 11.7. The van der Waals surface area contributed by atoms with Crippen LogP contribution in [0.3, 0.4) is 0 Å². The Morgan fingerprint density at radius 3 is 2.11 bits per heavy atom. The van der Waals surface area contributed by atoms with Crippen molar-refractivity contribution >= 4 is 46.8 Å². The molecule has 0 saturated heterocycles. The number of nitrogens with one attached hydrogen (secondary N) is 1. The predicted octanol–water partition coefficient (Wildman–Crippen LogP) is 3.78. The third-order valence-corrected chi connectivity index (χ3v) is 3.71. The molecule has 0 heterocycles. The van der Waals surface area contributed by atoms with Crippen LogP contribution >= 0.6 is 12.4 Å². The van der Waals surface area contributed by atoms with Crippen LogP contribution in [0.2, 0.25) is 0 Å². The van der Waals surface area contributed by atoms with Crippen molar-refractivity contribution in [3.8, 4) is 11.5 Å². The fourth-order valence-corrected chi connectivity index (χ4v) is 2.25. The van der Waals surface area contributed by atoms with Gasteiger partial charge in [-0.3, -0.25) is 14.4 Å². The monoisotopic (exact) mass is 395 g/mol. The molecule has 0 fully saturated rings. The highest BCUT2D eigenvalue weighted by Gasteiger charge is 2.17. The second kappa shape index (κ2) is 9.78. The average Bonchev–Trinajstić information content (AvgIpc) is 2.62. The summed E-state index contributed by atoms with van der Waals surface area (Å²) in [5.41, 5.74) is 0.569. The van der Waals surface area contributed by atoms with Gasteiger partial charge in [-0.2, -0.15) is 0 Å². The van der Waals surface area contributed by atoms with Gasteiger partial charge in [0, 0.05) is 23.9 Å². The number of ether oxygens (including phenoxy) is 2. The highest BCUT2D eigenvalue weighted by Crippen LogP contribution is 2.36. The first-order chi connectivity index (χ1) is 12.3. The summed E-state index contributed by atoms with van der Waals surface area (Å²) >= 11 is 0. The zero-order valence-electron chi connectivity index (χ0n) is 15.3. The van der Waals surface area contributed by atoms with Gasteiger partial charge in [0.15, 0.2) is 11.5 Å². The quantitative estimate of drug-likeness (QED) is 0.543. The molecule has 8 heteroatoms. The van der Waals surface area contributed by atoms with Gasteiger partial charge in [-0.1, -0.05) is 26.0 Å². The summed E-state index contributed by atoms with van der Waals surface area (Å²) in [5.74, 6) is -1.65. The van der Waals surface area contributed by atoms with Gasteiger partial charge in [0.2, 0.25) is 0 Å². The van der Waals surface area contributed by atoms with Gasteiger partial charge in [0.25, 0.3) is 0 Å². The van der Waals surface area contributed by atoms with E-state index in [1.807, 2.05) is 0 Å². The van der Waals surface area contributed by atoms with Crippen molar-refractivity contribution in [2.75, 3.05) is 5.32 Å². The van der Waals surface area contributed by atoms with E-state index in [0.29, 0.717) is 16.5 Å². The van der Waals surface area contributed by atoms with Crippen LogP contribution in [0, 0.1) is 0 Å². The van der Waals surface area contributed by atoms with E-state index in [0.717, 1.165) is 0 Å². The van der Waals surface area contributed by atoms with Crippen LogP contribution in [0.5, 0.6) is 11.5 Å². The molecule has 0 bridgehead atoms. The Balaban J connectivity index is 0.00000364. The van der Waals surface area contributed by atoms with Gasteiger partial charge in [-0.05, 0) is 30.5 Å². The molecule has 1 unspecified atom stereocenters. The van der Waals surface area contributed by atoms with Crippen LogP contribution in [-0.4, -0.2) is 29.1 Å². The Kier molecular flexibility index (Phi) is 8.05. The first-order valence-corrected chi connectivity index (χ1v) is 8.33. The van der Waals surface area contributed by atoms with Gasteiger partial charge in [0.1, 0.15) is 6.04 Å². The number of carbonyl (C=O) groups excluding carboxylic acids is 2. The second-order valence-corrected chi connectivity index (χ2v) is 5.69. The van der Waals surface area contributed by atoms with E-state index < -0.39 is 23.9 Å². The Bertz CT molecular complexity index is 851. The minimum Gasteiger partial charge on any atom is -0.480 e. The van der Waals surface area contributed by atoms with Crippen molar-refractivity contribution in [2.45, 2.75) is 39.7 Å². The van der Waals surface area contributed by atoms with E-state index in [4.69, 9.17) is 14.6 Å². The number of hydrogen-bond acceptors (Lipinski definition) is 6. The standard InChI is InChI=1S/C19H21NO6.ClH/c1-4-17(21)25-15-9-12-7-6-8-14(20-11(3)19(23)24)13(12)10-16(15)26-18(22)5-2;/h6-11,20H,4-5H2,1-3H3,(H,23,24);1H. The Morgan fingerprint density at radius 2 is 1.59 bits per heavy atom. The topological polar surface area (TPSA) is 102 Å². The number of esters is 2. The van der Waals surface area contributed by atoms with Crippen molar-refractivity contribution in [2.24, 2.45) is 0 Å². The lowest BCUT2D eigenvalue weighted by Crippen LogP contribution is -2.25. The number of halogens is 1. The SMILES string of the molecule is CCC(=O)Oc1cc2cccc(NC(C)C(=O)O)c2cc1OC(=O)CC.Cl. The molecule has 0 aliphatic heterocycles. The molecule has 2 aromatic carbocycles. The summed E-state index contributed by atoms with van der Waals surface area (Å²) in [7, 11) is 0. The highest BCUT2D eigenvalue weighted by molar-refractivity contribution is 5.98. The molecule has 1 atom stereocenters. The molecule has 0 aliphatic rings. The van der Waals surface area contributed by atoms with Crippen LogP contribution in [0.25, 0.3) is 10.8 Å². The minimum atomic E-state index is -0.992. The Morgan fingerprint density at radius 1 is 1.04 bits per heavy atom. The fourth-order valence-electron chi connectivity index (χ4n) is 2.25. The number of rotatable bonds is 7. The molecule has 0 spiro atoms. The molecular formula is C19H22ClNO6. The lowest BCUT2D eigenvalue weighted by atomic mass is 10.1. The first-order valence-electron chi connectivity index (χ1n) is 8.33. The van der Waals surface area contributed by atoms with Gasteiger partial charge >= 0.3 is 17.9 Å². The summed E-state index contributed by atoms with van der Waals surface area (Å²) in [6, 6.07) is 7.63. The fraction of sp³-hybridized carbons (Fsp3) is 0.316. The number of fused-ring (bicyclic) bond motifs is 1. The molecular weight excluding hydrogens is 374 g/mol. The predicted molar refractivity (Wildman–Crippen MR) is 104 cm³/mol. The number of benzene rings is 2. The second-order valence-electron chi connectivity index (χ2n) is 5.69. The minimum absolute atomic E-state index is 0. The van der Waals surface area contributed by atoms with E-state index >= 15 is 0 Å². The van der Waals surface area contributed by atoms with Gasteiger partial charge in [0.05, 0.1) is 0 Å². The molecule has 0 aliphatic carbocycles. The largest absolute Gasteiger partial charge is 0.480 e. The van der Waals surface area contributed by atoms with Crippen molar-refractivity contribution in [3.05, 3.63) is 30.3 Å². The van der Waals surface area contributed by atoms with Crippen molar-refractivity contribution in [1.82, 2.24) is 0 Å². The van der Waals surface area contributed by atoms with Crippen LogP contribution in [-0.2, 0) is 14.4 Å². The Labute approximate surface area is 163 Å². The van der Waals surface area contributed by atoms with Crippen molar-refractivity contribution in [3.63, 3.8) is 0 Å². The summed E-state index contributed by atoms with van der Waals surface area (Å²) in [5, 5.41) is 13.4. The zero-order chi connectivity index (χ0) is 19.3. The molecule has 27 heavy (non-hydrogen) atoms. The van der Waals surface area contributed by atoms with Gasteiger partial charge < -0.3 is 19.9 Å². The van der Waals surface area contributed by atoms with Gasteiger partial charge in [-0.25, -0.2) is 0 Å². The number of carboxylic acids is 1. The lowest BCUT2D eigenvalue weighted by molar-refractivity contribution is -0.137. The van der Waals surface area contributed by atoms with Crippen molar-refractivity contribution in [1.29, 1.82) is 0 Å². The van der Waals surface area contributed by atoms with Crippen LogP contribution in [0.1, 0.15) is 33.6 Å². The van der Waals surface area contributed by atoms with Crippen LogP contribution in [0.15, 0.2) is 30.3 Å². The maximum Gasteiger partial charge on any atom is 0.325 e. The molecule has 0 saturated carbocycles.